The molecule has 0 aliphatic heterocycles. The number of para-hydroxylation sites is 1. The van der Waals surface area contributed by atoms with Gasteiger partial charge >= 0.3 is 5.97 Å². The molecular weight excluding hydrogens is 368 g/mol. The molecule has 0 unspecified atom stereocenters. The summed E-state index contributed by atoms with van der Waals surface area (Å²) in [6, 6.07) is 9.39. The molecule has 142 valence electrons. The zero-order valence-electron chi connectivity index (χ0n) is 15.1. The van der Waals surface area contributed by atoms with Gasteiger partial charge < -0.3 is 14.2 Å². The van der Waals surface area contributed by atoms with Crippen molar-refractivity contribution in [2.75, 3.05) is 26.9 Å². The monoisotopic (exact) mass is 388 g/mol. The van der Waals surface area contributed by atoms with E-state index >= 15 is 0 Å². The number of fused-ring (bicyclic) bond motifs is 1. The Balaban J connectivity index is 1.77. The molecule has 3 aromatic rings. The van der Waals surface area contributed by atoms with E-state index in [1.807, 2.05) is 30.3 Å². The second-order valence-corrected chi connectivity index (χ2v) is 6.77. The van der Waals surface area contributed by atoms with Crippen LogP contribution in [0.15, 0.2) is 41.5 Å². The lowest BCUT2D eigenvalue weighted by Gasteiger charge is -2.08. The summed E-state index contributed by atoms with van der Waals surface area (Å²) in [5.74, 6) is 0.276. The fraction of sp³-hybridized carbons (Fsp3) is 0.316. The Kier molecular flexibility index (Phi) is 6.20. The van der Waals surface area contributed by atoms with Crippen LogP contribution in [0.2, 0.25) is 0 Å². The maximum atomic E-state index is 12.8. The third kappa shape index (κ3) is 4.35. The standard InChI is InChI=1S/C19H20N2O5S/c1-13-15-17(27-16(13)19(23)26-11-10-24-2)20-12-21(18(15)22)8-9-25-14-6-4-3-5-7-14/h3-7,12H,8-11H2,1-2H3. The number of carbonyl (C=O) groups excluding carboxylic acids is 1. The first kappa shape index (κ1) is 19.1. The van der Waals surface area contributed by atoms with Crippen LogP contribution in [-0.2, 0) is 16.0 Å². The molecular formula is C19H20N2O5S. The summed E-state index contributed by atoms with van der Waals surface area (Å²) in [5.41, 5.74) is 0.398. The van der Waals surface area contributed by atoms with E-state index in [0.717, 1.165) is 17.1 Å². The highest BCUT2D eigenvalue weighted by atomic mass is 32.1. The van der Waals surface area contributed by atoms with Gasteiger partial charge in [-0.3, -0.25) is 9.36 Å². The summed E-state index contributed by atoms with van der Waals surface area (Å²) >= 11 is 1.16. The summed E-state index contributed by atoms with van der Waals surface area (Å²) in [6.45, 7) is 2.92. The topological polar surface area (TPSA) is 79.7 Å². The van der Waals surface area contributed by atoms with Gasteiger partial charge in [-0.1, -0.05) is 18.2 Å². The minimum absolute atomic E-state index is 0.164. The molecule has 0 spiro atoms. The fourth-order valence-corrected chi connectivity index (χ4v) is 3.61. The lowest BCUT2D eigenvalue weighted by Crippen LogP contribution is -2.23. The van der Waals surface area contributed by atoms with E-state index in [9.17, 15) is 9.59 Å². The molecule has 0 N–H and O–H groups in total. The van der Waals surface area contributed by atoms with Gasteiger partial charge in [0.25, 0.3) is 5.56 Å². The molecule has 0 aliphatic rings. The molecule has 0 bridgehead atoms. The molecule has 0 atom stereocenters. The molecule has 7 nitrogen and oxygen atoms in total. The van der Waals surface area contributed by atoms with Gasteiger partial charge in [0.1, 0.15) is 28.7 Å². The third-order valence-electron chi connectivity index (χ3n) is 3.97. The summed E-state index contributed by atoms with van der Waals surface area (Å²) in [6.07, 6.45) is 1.48. The lowest BCUT2D eigenvalue weighted by atomic mass is 10.2. The number of nitrogens with zero attached hydrogens (tertiary/aromatic N) is 2. The van der Waals surface area contributed by atoms with Gasteiger partial charge in [0.05, 0.1) is 24.9 Å². The van der Waals surface area contributed by atoms with Crippen molar-refractivity contribution in [2.45, 2.75) is 13.5 Å². The highest BCUT2D eigenvalue weighted by molar-refractivity contribution is 7.20. The Morgan fingerprint density at radius 1 is 1.19 bits per heavy atom. The van der Waals surface area contributed by atoms with Crippen molar-refractivity contribution in [2.24, 2.45) is 0 Å². The fourth-order valence-electron chi connectivity index (χ4n) is 2.57. The van der Waals surface area contributed by atoms with Gasteiger partial charge in [0.2, 0.25) is 0 Å². The number of ether oxygens (including phenoxy) is 3. The molecule has 8 heteroatoms. The molecule has 0 fully saturated rings. The van der Waals surface area contributed by atoms with Gasteiger partial charge in [-0.2, -0.15) is 0 Å². The van der Waals surface area contributed by atoms with Crippen molar-refractivity contribution in [3.63, 3.8) is 0 Å². The number of benzene rings is 1. The van der Waals surface area contributed by atoms with Crippen LogP contribution in [0, 0.1) is 6.92 Å². The molecule has 0 radical (unpaired) electrons. The number of rotatable bonds is 8. The van der Waals surface area contributed by atoms with E-state index < -0.39 is 5.97 Å². The zero-order valence-corrected chi connectivity index (χ0v) is 16.0. The Hall–Kier alpha value is -2.71. The van der Waals surface area contributed by atoms with E-state index in [0.29, 0.717) is 40.4 Å². The molecule has 0 aliphatic carbocycles. The predicted octanol–water partition coefficient (Wildman–Crippen LogP) is 2.65. The SMILES string of the molecule is COCCOC(=O)c1sc2ncn(CCOc3ccccc3)c(=O)c2c1C. The van der Waals surface area contributed by atoms with Crippen molar-refractivity contribution in [1.29, 1.82) is 0 Å². The number of aromatic nitrogens is 2. The first-order valence-corrected chi connectivity index (χ1v) is 9.26. The maximum absolute atomic E-state index is 12.8. The van der Waals surface area contributed by atoms with Gasteiger partial charge in [-0.15, -0.1) is 11.3 Å². The Labute approximate surface area is 160 Å². The first-order chi connectivity index (χ1) is 13.1. The van der Waals surface area contributed by atoms with E-state index in [2.05, 4.69) is 4.98 Å². The zero-order chi connectivity index (χ0) is 19.2. The molecule has 3 rings (SSSR count). The first-order valence-electron chi connectivity index (χ1n) is 8.44. The van der Waals surface area contributed by atoms with Crippen molar-refractivity contribution >= 4 is 27.5 Å². The second-order valence-electron chi connectivity index (χ2n) is 5.77. The number of aryl methyl sites for hydroxylation is 1. The average molecular weight is 388 g/mol. The average Bonchev–Trinajstić information content (AvgIpc) is 3.02. The van der Waals surface area contributed by atoms with Crippen molar-refractivity contribution < 1.29 is 19.0 Å². The summed E-state index contributed by atoms with van der Waals surface area (Å²) in [5, 5.41) is 0.445. The normalized spacial score (nSPS) is 10.9. The molecule has 27 heavy (non-hydrogen) atoms. The van der Waals surface area contributed by atoms with Gasteiger partial charge in [-0.05, 0) is 24.6 Å². The summed E-state index contributed by atoms with van der Waals surface area (Å²) in [7, 11) is 1.53. The van der Waals surface area contributed by atoms with Crippen molar-refractivity contribution in [1.82, 2.24) is 9.55 Å². The van der Waals surface area contributed by atoms with Crippen LogP contribution < -0.4 is 10.3 Å². The molecule has 2 heterocycles. The minimum atomic E-state index is -0.467. The molecule has 2 aromatic heterocycles. The van der Waals surface area contributed by atoms with E-state index in [4.69, 9.17) is 14.2 Å². The van der Waals surface area contributed by atoms with Gasteiger partial charge in [-0.25, -0.2) is 9.78 Å². The van der Waals surface area contributed by atoms with E-state index in [-0.39, 0.29) is 12.2 Å². The van der Waals surface area contributed by atoms with Crippen LogP contribution in [0.4, 0.5) is 0 Å². The van der Waals surface area contributed by atoms with Crippen LogP contribution >= 0.6 is 11.3 Å². The quantitative estimate of drug-likeness (QED) is 0.436. The summed E-state index contributed by atoms with van der Waals surface area (Å²) in [4.78, 5) is 30.2. The Bertz CT molecular complexity index is 981. The highest BCUT2D eigenvalue weighted by Crippen LogP contribution is 2.27. The van der Waals surface area contributed by atoms with Crippen LogP contribution in [-0.4, -0.2) is 42.5 Å². The maximum Gasteiger partial charge on any atom is 0.348 e. The van der Waals surface area contributed by atoms with Crippen LogP contribution in [0.5, 0.6) is 5.75 Å². The number of hydrogen-bond acceptors (Lipinski definition) is 7. The predicted molar refractivity (Wildman–Crippen MR) is 103 cm³/mol. The molecule has 0 amide bonds. The van der Waals surface area contributed by atoms with Crippen LogP contribution in [0.1, 0.15) is 15.2 Å². The number of hydrogen-bond donors (Lipinski definition) is 0. The lowest BCUT2D eigenvalue weighted by molar-refractivity contribution is 0.0393. The third-order valence-corrected chi connectivity index (χ3v) is 5.15. The van der Waals surface area contributed by atoms with Gasteiger partial charge in [0, 0.05) is 7.11 Å². The smallest absolute Gasteiger partial charge is 0.348 e. The van der Waals surface area contributed by atoms with Gasteiger partial charge in [0.15, 0.2) is 0 Å². The van der Waals surface area contributed by atoms with E-state index in [1.54, 1.807) is 6.92 Å². The molecule has 0 saturated carbocycles. The van der Waals surface area contributed by atoms with Crippen molar-refractivity contribution in [3.05, 3.63) is 57.5 Å². The highest BCUT2D eigenvalue weighted by Gasteiger charge is 2.20. The van der Waals surface area contributed by atoms with Crippen LogP contribution in [0.3, 0.4) is 0 Å². The minimum Gasteiger partial charge on any atom is -0.492 e. The number of methoxy groups -OCH3 is 1. The largest absolute Gasteiger partial charge is 0.492 e. The van der Waals surface area contributed by atoms with Crippen molar-refractivity contribution in [3.8, 4) is 5.75 Å². The summed E-state index contributed by atoms with van der Waals surface area (Å²) < 4.78 is 17.1. The second kappa shape index (κ2) is 8.79. The number of carbonyl (C=O) groups is 1. The Morgan fingerprint density at radius 3 is 2.70 bits per heavy atom. The number of esters is 1. The van der Waals surface area contributed by atoms with Crippen LogP contribution in [0.25, 0.3) is 10.2 Å². The Morgan fingerprint density at radius 2 is 1.96 bits per heavy atom. The molecule has 1 aromatic carbocycles. The number of thiophene rings is 1. The molecule has 0 saturated heterocycles. The van der Waals surface area contributed by atoms with E-state index in [1.165, 1.54) is 18.0 Å².